The summed E-state index contributed by atoms with van der Waals surface area (Å²) in [5.74, 6) is -0.195. The molecule has 2 rings (SSSR count). The molecule has 7 nitrogen and oxygen atoms in total. The lowest BCUT2D eigenvalue weighted by molar-refractivity contribution is -0.954. The first-order chi connectivity index (χ1) is 11.2. The molecule has 1 fully saturated rings. The highest BCUT2D eigenvalue weighted by molar-refractivity contribution is 7.89. The number of morpholine rings is 1. The Labute approximate surface area is 143 Å². The van der Waals surface area contributed by atoms with Gasteiger partial charge in [-0.2, -0.15) is 0 Å². The number of carbonyl (C=O) groups excluding carboxylic acids is 1. The number of carbonyl (C=O) groups is 1. The van der Waals surface area contributed by atoms with Gasteiger partial charge in [0, 0.05) is 12.6 Å². The second-order valence-corrected chi connectivity index (χ2v) is 8.40. The van der Waals surface area contributed by atoms with E-state index in [1.165, 1.54) is 24.0 Å². The highest BCUT2D eigenvalue weighted by Gasteiger charge is 2.33. The lowest BCUT2D eigenvalue weighted by atomic mass is 10.0. The first kappa shape index (κ1) is 18.9. The van der Waals surface area contributed by atoms with Crippen molar-refractivity contribution in [3.05, 3.63) is 24.3 Å². The molecule has 0 atom stereocenters. The number of hydrogen-bond donors (Lipinski definition) is 3. The van der Waals surface area contributed by atoms with Gasteiger partial charge in [-0.25, -0.2) is 13.1 Å². The molecule has 0 aromatic heterocycles. The van der Waals surface area contributed by atoms with E-state index >= 15 is 0 Å². The Bertz CT molecular complexity index is 665. The van der Waals surface area contributed by atoms with Crippen LogP contribution in [0.5, 0.6) is 0 Å². The van der Waals surface area contributed by atoms with Gasteiger partial charge in [0.25, 0.3) is 0 Å². The van der Waals surface area contributed by atoms with E-state index < -0.39 is 10.0 Å². The van der Waals surface area contributed by atoms with Crippen LogP contribution in [0.2, 0.25) is 0 Å². The maximum atomic E-state index is 12.5. The number of hydrogen-bond acceptors (Lipinski definition) is 4. The van der Waals surface area contributed by atoms with E-state index in [2.05, 4.69) is 23.9 Å². The Morgan fingerprint density at radius 1 is 1.21 bits per heavy atom. The molecule has 1 saturated heterocycles. The van der Waals surface area contributed by atoms with Crippen LogP contribution in [-0.4, -0.2) is 52.7 Å². The first-order valence-electron chi connectivity index (χ1n) is 8.01. The number of rotatable bonds is 6. The minimum absolute atomic E-state index is 0.185. The second-order valence-electron chi connectivity index (χ2n) is 6.63. The van der Waals surface area contributed by atoms with Crippen molar-refractivity contribution >= 4 is 21.6 Å². The van der Waals surface area contributed by atoms with E-state index in [-0.39, 0.29) is 16.3 Å². The molecule has 0 saturated carbocycles. The highest BCUT2D eigenvalue weighted by Crippen LogP contribution is 2.14. The Balaban J connectivity index is 2.01. The topological polar surface area (TPSA) is 88.9 Å². The summed E-state index contributed by atoms with van der Waals surface area (Å²) in [7, 11) is -3.58. The van der Waals surface area contributed by atoms with Crippen LogP contribution in [0, 0.1) is 0 Å². The highest BCUT2D eigenvalue weighted by atomic mass is 32.2. The van der Waals surface area contributed by atoms with E-state index in [9.17, 15) is 13.2 Å². The molecule has 1 aliphatic heterocycles. The van der Waals surface area contributed by atoms with E-state index in [1.807, 2.05) is 0 Å². The number of anilines is 1. The van der Waals surface area contributed by atoms with Crippen molar-refractivity contribution in [2.24, 2.45) is 0 Å². The lowest BCUT2D eigenvalue weighted by Crippen LogP contribution is -3.22. The first-order valence-corrected chi connectivity index (χ1v) is 9.49. The van der Waals surface area contributed by atoms with Crippen LogP contribution in [0.3, 0.4) is 0 Å². The third-order valence-corrected chi connectivity index (χ3v) is 5.66. The standard InChI is InChI=1S/C16H25N3O4S/c1-13(20)18-14-4-6-15(7-5-14)24(21,22)17-12-16(2,3)19-8-10-23-11-9-19/h4-7,17H,8-12H2,1-3H3,(H,18,20)/p+1. The largest absolute Gasteiger partial charge is 0.370 e. The summed E-state index contributed by atoms with van der Waals surface area (Å²) in [5.41, 5.74) is 0.354. The zero-order valence-corrected chi connectivity index (χ0v) is 15.2. The lowest BCUT2D eigenvalue weighted by Gasteiger charge is -2.37. The van der Waals surface area contributed by atoms with Gasteiger partial charge in [0.15, 0.2) is 0 Å². The molecule has 0 unspecified atom stereocenters. The van der Waals surface area contributed by atoms with Crippen LogP contribution < -0.4 is 14.9 Å². The van der Waals surface area contributed by atoms with E-state index in [0.29, 0.717) is 25.4 Å². The fraction of sp³-hybridized carbons (Fsp3) is 0.562. The van der Waals surface area contributed by atoms with Crippen LogP contribution in [-0.2, 0) is 19.6 Å². The molecule has 0 aliphatic carbocycles. The van der Waals surface area contributed by atoms with Gasteiger partial charge < -0.3 is 15.0 Å². The second kappa shape index (κ2) is 7.60. The molecule has 8 heteroatoms. The maximum Gasteiger partial charge on any atom is 0.240 e. The number of quaternary nitrogens is 1. The van der Waals surface area contributed by atoms with Crippen LogP contribution in [0.15, 0.2) is 29.2 Å². The van der Waals surface area contributed by atoms with Gasteiger partial charge in [-0.3, -0.25) is 4.79 Å². The van der Waals surface area contributed by atoms with Crippen molar-refractivity contribution in [1.29, 1.82) is 0 Å². The number of ether oxygens (including phenoxy) is 1. The molecule has 3 N–H and O–H groups in total. The van der Waals surface area contributed by atoms with Crippen molar-refractivity contribution < 1.29 is 22.8 Å². The SMILES string of the molecule is CC(=O)Nc1ccc(S(=O)(=O)NCC(C)(C)[NH+]2CCOCC2)cc1. The number of sulfonamides is 1. The molecule has 1 amide bonds. The van der Waals surface area contributed by atoms with Gasteiger partial charge in [0.2, 0.25) is 15.9 Å². The number of amides is 1. The van der Waals surface area contributed by atoms with Gasteiger partial charge in [-0.15, -0.1) is 0 Å². The van der Waals surface area contributed by atoms with Crippen molar-refractivity contribution in [2.75, 3.05) is 38.2 Å². The molecular weight excluding hydrogens is 330 g/mol. The summed E-state index contributed by atoms with van der Waals surface area (Å²) < 4.78 is 33.0. The quantitative estimate of drug-likeness (QED) is 0.648. The van der Waals surface area contributed by atoms with E-state index in [1.54, 1.807) is 12.1 Å². The van der Waals surface area contributed by atoms with Gasteiger partial charge in [0.1, 0.15) is 18.6 Å². The third-order valence-electron chi connectivity index (χ3n) is 4.24. The predicted octanol–water partition coefficient (Wildman–Crippen LogP) is -0.383. The zero-order valence-electron chi connectivity index (χ0n) is 14.4. The van der Waals surface area contributed by atoms with Gasteiger partial charge >= 0.3 is 0 Å². The minimum Gasteiger partial charge on any atom is -0.370 e. The summed E-state index contributed by atoms with van der Waals surface area (Å²) in [6.45, 7) is 9.01. The fourth-order valence-corrected chi connectivity index (χ4v) is 3.91. The molecule has 1 aliphatic rings. The van der Waals surface area contributed by atoms with E-state index in [4.69, 9.17) is 4.74 Å². The Hall–Kier alpha value is -1.48. The molecule has 24 heavy (non-hydrogen) atoms. The smallest absolute Gasteiger partial charge is 0.240 e. The van der Waals surface area contributed by atoms with Crippen molar-refractivity contribution in [3.63, 3.8) is 0 Å². The van der Waals surface area contributed by atoms with Gasteiger partial charge in [-0.1, -0.05) is 0 Å². The summed E-state index contributed by atoms with van der Waals surface area (Å²) in [5, 5.41) is 2.61. The maximum absolute atomic E-state index is 12.5. The third kappa shape index (κ3) is 5.01. The molecule has 0 radical (unpaired) electrons. The average molecular weight is 356 g/mol. The Kier molecular flexibility index (Phi) is 5.97. The molecule has 134 valence electrons. The van der Waals surface area contributed by atoms with Crippen LogP contribution in [0.1, 0.15) is 20.8 Å². The van der Waals surface area contributed by atoms with Crippen molar-refractivity contribution in [3.8, 4) is 0 Å². The summed E-state index contributed by atoms with van der Waals surface area (Å²) >= 11 is 0. The van der Waals surface area contributed by atoms with Crippen molar-refractivity contribution in [1.82, 2.24) is 4.72 Å². The summed E-state index contributed by atoms with van der Waals surface area (Å²) in [6.07, 6.45) is 0. The minimum atomic E-state index is -3.58. The molecular formula is C16H26N3O4S+. The predicted molar refractivity (Wildman–Crippen MR) is 91.5 cm³/mol. The van der Waals surface area contributed by atoms with Crippen LogP contribution in [0.4, 0.5) is 5.69 Å². The molecule has 0 bridgehead atoms. The van der Waals surface area contributed by atoms with Crippen LogP contribution >= 0.6 is 0 Å². The summed E-state index contributed by atoms with van der Waals surface area (Å²) in [4.78, 5) is 12.5. The van der Waals surface area contributed by atoms with Crippen molar-refractivity contribution in [2.45, 2.75) is 31.2 Å². The monoisotopic (exact) mass is 356 g/mol. The summed E-state index contributed by atoms with van der Waals surface area (Å²) in [6, 6.07) is 6.13. The molecule has 1 heterocycles. The Morgan fingerprint density at radius 2 is 1.79 bits per heavy atom. The van der Waals surface area contributed by atoms with Crippen LogP contribution in [0.25, 0.3) is 0 Å². The Morgan fingerprint density at radius 3 is 2.33 bits per heavy atom. The molecule has 1 aromatic carbocycles. The van der Waals surface area contributed by atoms with Gasteiger partial charge in [0.05, 0.1) is 24.7 Å². The zero-order chi connectivity index (χ0) is 17.8. The average Bonchev–Trinajstić information content (AvgIpc) is 2.54. The van der Waals surface area contributed by atoms with Gasteiger partial charge in [-0.05, 0) is 38.1 Å². The number of nitrogens with one attached hydrogen (secondary N) is 3. The fourth-order valence-electron chi connectivity index (χ4n) is 2.70. The van der Waals surface area contributed by atoms with E-state index in [0.717, 1.165) is 13.1 Å². The molecule has 1 aromatic rings. The normalized spacial score (nSPS) is 16.8. The molecule has 0 spiro atoms. The number of benzene rings is 1.